The lowest BCUT2D eigenvalue weighted by Crippen LogP contribution is -2.37. The molecule has 0 spiro atoms. The lowest BCUT2D eigenvalue weighted by molar-refractivity contribution is -0.129. The number of hydrogen-bond donors (Lipinski definition) is 0. The Morgan fingerprint density at radius 1 is 1.28 bits per heavy atom. The number of rotatable bonds is 3. The molecule has 0 fully saturated rings. The predicted octanol–water partition coefficient (Wildman–Crippen LogP) is 1.75. The van der Waals surface area contributed by atoms with E-state index >= 15 is 0 Å². The van der Waals surface area contributed by atoms with Crippen LogP contribution in [0.4, 0.5) is 4.39 Å². The quantitative estimate of drug-likeness (QED) is 0.852. The Morgan fingerprint density at radius 2 is 1.89 bits per heavy atom. The number of carbonyl (C=O) groups excluding carboxylic acids is 2. The number of benzene rings is 1. The van der Waals surface area contributed by atoms with E-state index in [1.54, 1.807) is 14.1 Å². The molecule has 0 saturated heterocycles. The van der Waals surface area contributed by atoms with E-state index in [9.17, 15) is 14.0 Å². The third-order valence-corrected chi connectivity index (χ3v) is 3.21. The van der Waals surface area contributed by atoms with Gasteiger partial charge in [-0.25, -0.2) is 4.39 Å². The molecule has 1 rings (SSSR count). The molecule has 0 unspecified atom stereocenters. The van der Waals surface area contributed by atoms with Gasteiger partial charge in [0, 0.05) is 21.1 Å². The topological polar surface area (TPSA) is 40.6 Å². The number of hydrogen-bond acceptors (Lipinski definition) is 2. The number of amides is 2. The van der Waals surface area contributed by atoms with Gasteiger partial charge in [0.2, 0.25) is 5.91 Å². The first kappa shape index (κ1) is 14.6. The van der Waals surface area contributed by atoms with Crippen molar-refractivity contribution in [2.45, 2.75) is 0 Å². The van der Waals surface area contributed by atoms with Crippen LogP contribution in [-0.2, 0) is 4.79 Å². The maximum absolute atomic E-state index is 13.3. The second-order valence-corrected chi connectivity index (χ2v) is 4.84. The Labute approximate surface area is 113 Å². The molecule has 4 nitrogen and oxygen atoms in total. The molecule has 0 bridgehead atoms. The zero-order chi connectivity index (χ0) is 13.9. The van der Waals surface area contributed by atoms with Gasteiger partial charge in [-0.2, -0.15) is 0 Å². The van der Waals surface area contributed by atoms with E-state index in [1.165, 1.54) is 35.0 Å². The summed E-state index contributed by atoms with van der Waals surface area (Å²) in [6.07, 6.45) is 0. The van der Waals surface area contributed by atoms with Crippen LogP contribution < -0.4 is 0 Å². The van der Waals surface area contributed by atoms with Gasteiger partial charge in [0.05, 0.1) is 16.6 Å². The largest absolute Gasteiger partial charge is 0.347 e. The van der Waals surface area contributed by atoms with Gasteiger partial charge in [0.1, 0.15) is 5.82 Å². The molecule has 98 valence electrons. The monoisotopic (exact) mass is 316 g/mol. The standard InChI is InChI=1S/C12H14BrFN2O2/c1-15(2)10(17)7-16(3)12(18)8-5-4-6-9(14)11(8)13/h4-6H,7H2,1-3H3. The number of carbonyl (C=O) groups is 2. The Balaban J connectivity index is 2.87. The van der Waals surface area contributed by atoms with Crippen LogP contribution in [0.5, 0.6) is 0 Å². The molecule has 0 aliphatic heterocycles. The molecule has 1 aromatic carbocycles. The molecule has 2 amide bonds. The fourth-order valence-corrected chi connectivity index (χ4v) is 1.72. The van der Waals surface area contributed by atoms with E-state index < -0.39 is 11.7 Å². The van der Waals surface area contributed by atoms with Crippen molar-refractivity contribution in [3.05, 3.63) is 34.1 Å². The minimum Gasteiger partial charge on any atom is -0.347 e. The summed E-state index contributed by atoms with van der Waals surface area (Å²) in [4.78, 5) is 26.2. The first-order valence-electron chi connectivity index (χ1n) is 5.24. The van der Waals surface area contributed by atoms with E-state index in [2.05, 4.69) is 15.9 Å². The highest BCUT2D eigenvalue weighted by molar-refractivity contribution is 9.10. The van der Waals surface area contributed by atoms with Crippen LogP contribution in [0.3, 0.4) is 0 Å². The Bertz CT molecular complexity index is 477. The van der Waals surface area contributed by atoms with Gasteiger partial charge in [0.15, 0.2) is 0 Å². The van der Waals surface area contributed by atoms with Crippen LogP contribution in [0.25, 0.3) is 0 Å². The first-order valence-corrected chi connectivity index (χ1v) is 6.03. The summed E-state index contributed by atoms with van der Waals surface area (Å²) in [6, 6.07) is 4.22. The van der Waals surface area contributed by atoms with Crippen LogP contribution in [0.2, 0.25) is 0 Å². The smallest absolute Gasteiger partial charge is 0.255 e. The van der Waals surface area contributed by atoms with Crippen molar-refractivity contribution in [1.29, 1.82) is 0 Å². The molecule has 0 radical (unpaired) electrons. The predicted molar refractivity (Wildman–Crippen MR) is 69.8 cm³/mol. The molecule has 0 aliphatic rings. The first-order chi connectivity index (χ1) is 8.34. The average molecular weight is 317 g/mol. The summed E-state index contributed by atoms with van der Waals surface area (Å²) in [6.45, 7) is -0.0468. The third-order valence-electron chi connectivity index (χ3n) is 2.40. The van der Waals surface area contributed by atoms with Crippen molar-refractivity contribution < 1.29 is 14.0 Å². The molecular weight excluding hydrogens is 303 g/mol. The SMILES string of the molecule is CN(C)C(=O)CN(C)C(=O)c1cccc(F)c1Br. The summed E-state index contributed by atoms with van der Waals surface area (Å²) >= 11 is 3.03. The molecule has 6 heteroatoms. The lowest BCUT2D eigenvalue weighted by atomic mass is 10.2. The van der Waals surface area contributed by atoms with Gasteiger partial charge in [-0.15, -0.1) is 0 Å². The second kappa shape index (κ2) is 5.95. The highest BCUT2D eigenvalue weighted by Gasteiger charge is 2.19. The normalized spacial score (nSPS) is 10.1. The van der Waals surface area contributed by atoms with Crippen molar-refractivity contribution >= 4 is 27.7 Å². The van der Waals surface area contributed by atoms with Gasteiger partial charge >= 0.3 is 0 Å². The molecule has 18 heavy (non-hydrogen) atoms. The van der Waals surface area contributed by atoms with E-state index in [0.29, 0.717) is 0 Å². The van der Waals surface area contributed by atoms with Crippen molar-refractivity contribution in [2.24, 2.45) is 0 Å². The summed E-state index contributed by atoms with van der Waals surface area (Å²) in [5.74, 6) is -1.11. The van der Waals surface area contributed by atoms with E-state index in [1.807, 2.05) is 0 Å². The minimum absolute atomic E-state index is 0.0468. The van der Waals surface area contributed by atoms with Crippen LogP contribution in [-0.4, -0.2) is 49.3 Å². The van der Waals surface area contributed by atoms with E-state index in [4.69, 9.17) is 0 Å². The summed E-state index contributed by atoms with van der Waals surface area (Å²) in [7, 11) is 4.72. The number of halogens is 2. The van der Waals surface area contributed by atoms with Crippen LogP contribution in [0, 0.1) is 5.82 Å². The van der Waals surface area contributed by atoms with Crippen LogP contribution in [0.1, 0.15) is 10.4 Å². The number of nitrogens with zero attached hydrogens (tertiary/aromatic N) is 2. The van der Waals surface area contributed by atoms with Crippen molar-refractivity contribution in [2.75, 3.05) is 27.7 Å². The molecular formula is C12H14BrFN2O2. The van der Waals surface area contributed by atoms with Crippen molar-refractivity contribution in [1.82, 2.24) is 9.80 Å². The minimum atomic E-state index is -0.506. The molecule has 0 heterocycles. The van der Waals surface area contributed by atoms with Crippen LogP contribution in [0.15, 0.2) is 22.7 Å². The Hall–Kier alpha value is -1.43. The maximum Gasteiger partial charge on any atom is 0.255 e. The highest BCUT2D eigenvalue weighted by Crippen LogP contribution is 2.21. The summed E-state index contributed by atoms with van der Waals surface area (Å²) in [5, 5.41) is 0. The lowest BCUT2D eigenvalue weighted by Gasteiger charge is -2.19. The van der Waals surface area contributed by atoms with Gasteiger partial charge in [-0.1, -0.05) is 6.07 Å². The zero-order valence-electron chi connectivity index (χ0n) is 10.4. The molecule has 0 saturated carbocycles. The van der Waals surface area contributed by atoms with E-state index in [0.717, 1.165) is 0 Å². The molecule has 0 atom stereocenters. The van der Waals surface area contributed by atoms with Gasteiger partial charge in [-0.05, 0) is 28.1 Å². The maximum atomic E-state index is 13.3. The van der Waals surface area contributed by atoms with E-state index in [-0.39, 0.29) is 22.5 Å². The Kier molecular flexibility index (Phi) is 4.84. The summed E-state index contributed by atoms with van der Waals surface area (Å²) in [5.41, 5.74) is 0.198. The molecule has 1 aromatic rings. The zero-order valence-corrected chi connectivity index (χ0v) is 12.0. The fraction of sp³-hybridized carbons (Fsp3) is 0.333. The van der Waals surface area contributed by atoms with Gasteiger partial charge in [-0.3, -0.25) is 9.59 Å². The van der Waals surface area contributed by atoms with Crippen molar-refractivity contribution in [3.8, 4) is 0 Å². The van der Waals surface area contributed by atoms with Gasteiger partial charge < -0.3 is 9.80 Å². The molecule has 0 aliphatic carbocycles. The Morgan fingerprint density at radius 3 is 2.44 bits per heavy atom. The summed E-state index contributed by atoms with van der Waals surface area (Å²) < 4.78 is 13.4. The van der Waals surface area contributed by atoms with Crippen molar-refractivity contribution in [3.63, 3.8) is 0 Å². The third kappa shape index (κ3) is 3.29. The fourth-order valence-electron chi connectivity index (χ4n) is 1.29. The average Bonchev–Trinajstić information content (AvgIpc) is 2.31. The highest BCUT2D eigenvalue weighted by atomic mass is 79.9. The van der Waals surface area contributed by atoms with Gasteiger partial charge in [0.25, 0.3) is 5.91 Å². The molecule has 0 N–H and O–H groups in total. The number of likely N-dealkylation sites (N-methyl/N-ethyl adjacent to an activating group) is 2. The second-order valence-electron chi connectivity index (χ2n) is 4.05. The van der Waals surface area contributed by atoms with Crippen LogP contribution >= 0.6 is 15.9 Å². The molecule has 0 aromatic heterocycles.